The molecule has 1 aliphatic heterocycles. The quantitative estimate of drug-likeness (QED) is 0.860. The zero-order chi connectivity index (χ0) is 15.5. The molecule has 0 saturated carbocycles. The highest BCUT2D eigenvalue weighted by Gasteiger charge is 2.38. The molecule has 1 fully saturated rings. The molecule has 0 aromatic carbocycles. The summed E-state index contributed by atoms with van der Waals surface area (Å²) in [6.45, 7) is 2.84. The molecule has 0 aliphatic carbocycles. The van der Waals surface area contributed by atoms with E-state index in [1.165, 1.54) is 0 Å². The van der Waals surface area contributed by atoms with Crippen LogP contribution in [0.3, 0.4) is 0 Å². The van der Waals surface area contributed by atoms with E-state index in [0.717, 1.165) is 31.5 Å². The van der Waals surface area contributed by atoms with Crippen LogP contribution in [0.4, 0.5) is 0 Å². The van der Waals surface area contributed by atoms with Gasteiger partial charge in [0.1, 0.15) is 0 Å². The summed E-state index contributed by atoms with van der Waals surface area (Å²) >= 11 is 0. The number of nitrogens with one attached hydrogen (secondary N) is 1. The van der Waals surface area contributed by atoms with Crippen LogP contribution in [0.5, 0.6) is 5.75 Å². The maximum Gasteiger partial charge on any atom is 0.161 e. The van der Waals surface area contributed by atoms with Crippen LogP contribution >= 0.6 is 0 Å². The second-order valence-electron chi connectivity index (χ2n) is 5.55. The molecule has 1 aromatic heterocycles. The first kappa shape index (κ1) is 16.3. The van der Waals surface area contributed by atoms with Gasteiger partial charge in [-0.05, 0) is 25.8 Å². The van der Waals surface area contributed by atoms with Gasteiger partial charge in [0.15, 0.2) is 15.6 Å². The summed E-state index contributed by atoms with van der Waals surface area (Å²) in [5.41, 5.74) is 0.821. The van der Waals surface area contributed by atoms with Gasteiger partial charge in [0.05, 0.1) is 36.0 Å². The van der Waals surface area contributed by atoms with Gasteiger partial charge in [0.2, 0.25) is 0 Å². The van der Waals surface area contributed by atoms with Crippen molar-refractivity contribution in [3.05, 3.63) is 11.9 Å². The van der Waals surface area contributed by atoms with Crippen molar-refractivity contribution in [2.75, 3.05) is 19.4 Å². The zero-order valence-corrected chi connectivity index (χ0v) is 13.8. The second kappa shape index (κ2) is 6.79. The van der Waals surface area contributed by atoms with E-state index in [0.29, 0.717) is 12.2 Å². The average Bonchev–Trinajstić information content (AvgIpc) is 2.82. The minimum Gasteiger partial charge on any atom is -0.493 e. The van der Waals surface area contributed by atoms with Crippen LogP contribution in [0.15, 0.2) is 6.20 Å². The van der Waals surface area contributed by atoms with E-state index in [4.69, 9.17) is 4.74 Å². The second-order valence-corrected chi connectivity index (χ2v) is 7.89. The molecule has 0 amide bonds. The molecule has 0 spiro atoms. The van der Waals surface area contributed by atoms with Gasteiger partial charge in [-0.1, -0.05) is 13.3 Å². The Morgan fingerprint density at radius 1 is 1.52 bits per heavy atom. The molecule has 1 saturated heterocycles. The van der Waals surface area contributed by atoms with Gasteiger partial charge < -0.3 is 10.1 Å². The molecule has 120 valence electrons. The van der Waals surface area contributed by atoms with Crippen molar-refractivity contribution >= 4 is 9.84 Å². The lowest BCUT2D eigenvalue weighted by molar-refractivity contribution is 0.380. The molecule has 0 radical (unpaired) electrons. The summed E-state index contributed by atoms with van der Waals surface area (Å²) in [7, 11) is 0.337. The molecule has 1 N–H and O–H groups in total. The molecule has 21 heavy (non-hydrogen) atoms. The van der Waals surface area contributed by atoms with Gasteiger partial charge in [-0.15, -0.1) is 0 Å². The third-order valence-corrected chi connectivity index (χ3v) is 6.37. The Hall–Kier alpha value is -1.08. The summed E-state index contributed by atoms with van der Waals surface area (Å²) < 4.78 is 32.1. The van der Waals surface area contributed by atoms with Gasteiger partial charge >= 0.3 is 0 Å². The van der Waals surface area contributed by atoms with Crippen molar-refractivity contribution in [2.45, 2.75) is 43.9 Å². The number of sulfone groups is 1. The van der Waals surface area contributed by atoms with Crippen LogP contribution in [0, 0.1) is 0 Å². The van der Waals surface area contributed by atoms with Crippen LogP contribution in [-0.2, 0) is 16.9 Å². The molecular formula is C14H25N3O3S. The summed E-state index contributed by atoms with van der Waals surface area (Å²) in [6.07, 6.45) is 5.00. The molecule has 1 aliphatic rings. The first-order valence-corrected chi connectivity index (χ1v) is 9.23. The van der Waals surface area contributed by atoms with E-state index in [9.17, 15) is 8.42 Å². The van der Waals surface area contributed by atoms with Crippen LogP contribution in [0.25, 0.3) is 0 Å². The summed E-state index contributed by atoms with van der Waals surface area (Å²) in [5.74, 6) is 0.925. The fourth-order valence-corrected chi connectivity index (χ4v) is 5.07. The fraction of sp³-hybridized carbons (Fsp3) is 0.786. The Kier molecular flexibility index (Phi) is 5.27. The molecule has 7 heteroatoms. The van der Waals surface area contributed by atoms with Crippen LogP contribution in [-0.4, -0.2) is 42.9 Å². The SMILES string of the molecule is CCCNC(c1c(OC)cnn1C)C1CCCCS1(=O)=O. The lowest BCUT2D eigenvalue weighted by Gasteiger charge is -2.31. The Morgan fingerprint density at radius 3 is 2.90 bits per heavy atom. The number of hydrogen-bond donors (Lipinski definition) is 1. The Bertz CT molecular complexity index is 568. The van der Waals surface area contributed by atoms with Crippen molar-refractivity contribution in [3.8, 4) is 5.75 Å². The molecule has 2 unspecified atom stereocenters. The first-order valence-electron chi connectivity index (χ1n) is 7.52. The van der Waals surface area contributed by atoms with Crippen molar-refractivity contribution in [1.29, 1.82) is 0 Å². The topological polar surface area (TPSA) is 73.2 Å². The van der Waals surface area contributed by atoms with Gasteiger partial charge in [-0.3, -0.25) is 4.68 Å². The summed E-state index contributed by atoms with van der Waals surface area (Å²) in [4.78, 5) is 0. The lowest BCUT2D eigenvalue weighted by atomic mass is 10.0. The minimum absolute atomic E-state index is 0.266. The lowest BCUT2D eigenvalue weighted by Crippen LogP contribution is -2.41. The first-order chi connectivity index (χ1) is 10.0. The van der Waals surface area contributed by atoms with E-state index in [1.807, 2.05) is 7.05 Å². The maximum atomic E-state index is 12.5. The van der Waals surface area contributed by atoms with Crippen molar-refractivity contribution in [3.63, 3.8) is 0 Å². The Labute approximate surface area is 126 Å². The van der Waals surface area contributed by atoms with E-state index in [1.54, 1.807) is 18.0 Å². The van der Waals surface area contributed by atoms with Crippen LogP contribution < -0.4 is 10.1 Å². The van der Waals surface area contributed by atoms with E-state index < -0.39 is 15.1 Å². The number of aryl methyl sites for hydroxylation is 1. The normalized spacial score (nSPS) is 22.9. The number of hydrogen-bond acceptors (Lipinski definition) is 5. The van der Waals surface area contributed by atoms with Gasteiger partial charge in [0, 0.05) is 7.05 Å². The molecule has 1 aromatic rings. The van der Waals surface area contributed by atoms with Crippen LogP contribution in [0.1, 0.15) is 44.3 Å². The van der Waals surface area contributed by atoms with E-state index in [2.05, 4.69) is 17.3 Å². The summed E-state index contributed by atoms with van der Waals surface area (Å²) in [5, 5.41) is 7.21. The monoisotopic (exact) mass is 315 g/mol. The maximum absolute atomic E-state index is 12.5. The fourth-order valence-electron chi connectivity index (χ4n) is 3.00. The number of ether oxygens (including phenoxy) is 1. The van der Waals surface area contributed by atoms with E-state index in [-0.39, 0.29) is 11.8 Å². The molecule has 6 nitrogen and oxygen atoms in total. The molecule has 2 rings (SSSR count). The van der Waals surface area contributed by atoms with Crippen LogP contribution in [0.2, 0.25) is 0 Å². The van der Waals surface area contributed by atoms with Gasteiger partial charge in [-0.25, -0.2) is 8.42 Å². The van der Waals surface area contributed by atoms with E-state index >= 15 is 0 Å². The highest BCUT2D eigenvalue weighted by Crippen LogP contribution is 2.34. The molecule has 2 atom stereocenters. The van der Waals surface area contributed by atoms with Crippen molar-refractivity contribution in [2.24, 2.45) is 7.05 Å². The Balaban J connectivity index is 2.40. The third kappa shape index (κ3) is 3.40. The molecule has 2 heterocycles. The molecule has 0 bridgehead atoms. The summed E-state index contributed by atoms with van der Waals surface area (Å²) in [6, 6.07) is -0.266. The highest BCUT2D eigenvalue weighted by atomic mass is 32.2. The molecular weight excluding hydrogens is 290 g/mol. The smallest absolute Gasteiger partial charge is 0.161 e. The third-order valence-electron chi connectivity index (χ3n) is 4.08. The van der Waals surface area contributed by atoms with Crippen molar-refractivity contribution < 1.29 is 13.2 Å². The van der Waals surface area contributed by atoms with Gasteiger partial charge in [0.25, 0.3) is 0 Å². The average molecular weight is 315 g/mol. The highest BCUT2D eigenvalue weighted by molar-refractivity contribution is 7.92. The largest absolute Gasteiger partial charge is 0.493 e. The number of aromatic nitrogens is 2. The Morgan fingerprint density at radius 2 is 2.29 bits per heavy atom. The number of nitrogens with zero attached hydrogens (tertiary/aromatic N) is 2. The number of methoxy groups -OCH3 is 1. The van der Waals surface area contributed by atoms with Gasteiger partial charge in [-0.2, -0.15) is 5.10 Å². The number of rotatable bonds is 6. The standard InChI is InChI=1S/C14H25N3O3S/c1-4-8-15-13(12-7-5-6-9-21(12,18)19)14-11(20-3)10-16-17(14)2/h10,12-13,15H,4-9H2,1-3H3. The minimum atomic E-state index is -3.08. The predicted molar refractivity (Wildman–Crippen MR) is 82.2 cm³/mol. The predicted octanol–water partition coefficient (Wildman–Crippen LogP) is 1.44. The zero-order valence-electron chi connectivity index (χ0n) is 13.0. The van der Waals surface area contributed by atoms with Crippen molar-refractivity contribution in [1.82, 2.24) is 15.1 Å².